The summed E-state index contributed by atoms with van der Waals surface area (Å²) in [7, 11) is 0. The molecule has 0 heterocycles. The van der Waals surface area contributed by atoms with Gasteiger partial charge in [-0.05, 0) is 27.2 Å². The standard InChI is InChI=1S/C8H17NO/c1-5-6-9(7-10)8(2,3)4/h7H,5-6H2,1-4H3. The van der Waals surface area contributed by atoms with Gasteiger partial charge in [0.05, 0.1) is 0 Å². The highest BCUT2D eigenvalue weighted by Gasteiger charge is 2.17. The molecule has 0 aliphatic rings. The molecule has 0 unspecified atom stereocenters. The molecular formula is C8H17NO. The molecule has 0 atom stereocenters. The predicted molar refractivity (Wildman–Crippen MR) is 42.8 cm³/mol. The average Bonchev–Trinajstić information content (AvgIpc) is 1.80. The van der Waals surface area contributed by atoms with Gasteiger partial charge in [0.15, 0.2) is 0 Å². The van der Waals surface area contributed by atoms with E-state index >= 15 is 0 Å². The van der Waals surface area contributed by atoms with Gasteiger partial charge in [-0.15, -0.1) is 0 Å². The summed E-state index contributed by atoms with van der Waals surface area (Å²) >= 11 is 0. The first-order valence-electron chi connectivity index (χ1n) is 3.74. The molecule has 1 amide bonds. The second kappa shape index (κ2) is 3.59. The van der Waals surface area contributed by atoms with Crippen molar-refractivity contribution < 1.29 is 4.79 Å². The Kier molecular flexibility index (Phi) is 3.40. The fraction of sp³-hybridized carbons (Fsp3) is 0.875. The van der Waals surface area contributed by atoms with Gasteiger partial charge in [-0.3, -0.25) is 4.79 Å². The van der Waals surface area contributed by atoms with Crippen LogP contribution in [0.4, 0.5) is 0 Å². The zero-order valence-corrected chi connectivity index (χ0v) is 7.35. The van der Waals surface area contributed by atoms with Crippen molar-refractivity contribution in [2.45, 2.75) is 39.7 Å². The van der Waals surface area contributed by atoms with Crippen LogP contribution in [0.1, 0.15) is 34.1 Å². The van der Waals surface area contributed by atoms with Crippen molar-refractivity contribution in [2.75, 3.05) is 6.54 Å². The maximum absolute atomic E-state index is 10.5. The minimum Gasteiger partial charge on any atom is -0.340 e. The fourth-order valence-corrected chi connectivity index (χ4v) is 0.787. The Morgan fingerprint density at radius 3 is 2.00 bits per heavy atom. The maximum atomic E-state index is 10.5. The van der Waals surface area contributed by atoms with Crippen LogP contribution in [0.25, 0.3) is 0 Å². The first-order valence-corrected chi connectivity index (χ1v) is 3.74. The zero-order valence-electron chi connectivity index (χ0n) is 7.35. The van der Waals surface area contributed by atoms with Gasteiger partial charge in [0, 0.05) is 12.1 Å². The largest absolute Gasteiger partial charge is 0.340 e. The molecular weight excluding hydrogens is 126 g/mol. The molecule has 0 aromatic heterocycles. The second-order valence-corrected chi connectivity index (χ2v) is 3.47. The van der Waals surface area contributed by atoms with Crippen molar-refractivity contribution in [2.24, 2.45) is 0 Å². The molecule has 0 fully saturated rings. The molecule has 0 aromatic rings. The Hall–Kier alpha value is -0.530. The van der Waals surface area contributed by atoms with E-state index in [0.717, 1.165) is 19.4 Å². The summed E-state index contributed by atoms with van der Waals surface area (Å²) < 4.78 is 0. The summed E-state index contributed by atoms with van der Waals surface area (Å²) in [4.78, 5) is 12.3. The van der Waals surface area contributed by atoms with Gasteiger partial charge in [-0.1, -0.05) is 6.92 Å². The Labute approximate surface area is 63.2 Å². The van der Waals surface area contributed by atoms with E-state index in [1.54, 1.807) is 0 Å². The molecule has 0 saturated heterocycles. The molecule has 0 saturated carbocycles. The van der Waals surface area contributed by atoms with Crippen molar-refractivity contribution in [3.63, 3.8) is 0 Å². The Balaban J connectivity index is 3.93. The summed E-state index contributed by atoms with van der Waals surface area (Å²) in [6.07, 6.45) is 1.94. The topological polar surface area (TPSA) is 20.3 Å². The molecule has 0 aliphatic heterocycles. The fourth-order valence-electron chi connectivity index (χ4n) is 0.787. The predicted octanol–water partition coefficient (Wildman–Crippen LogP) is 1.65. The third-order valence-corrected chi connectivity index (χ3v) is 1.45. The molecule has 0 bridgehead atoms. The van der Waals surface area contributed by atoms with E-state index < -0.39 is 0 Å². The molecule has 0 N–H and O–H groups in total. The van der Waals surface area contributed by atoms with Crippen LogP contribution >= 0.6 is 0 Å². The van der Waals surface area contributed by atoms with Crippen LogP contribution in [-0.2, 0) is 4.79 Å². The van der Waals surface area contributed by atoms with Gasteiger partial charge in [-0.25, -0.2) is 0 Å². The normalized spacial score (nSPS) is 11.2. The van der Waals surface area contributed by atoms with Gasteiger partial charge >= 0.3 is 0 Å². The van der Waals surface area contributed by atoms with Crippen LogP contribution in [-0.4, -0.2) is 23.4 Å². The highest BCUT2D eigenvalue weighted by atomic mass is 16.1. The Morgan fingerprint density at radius 2 is 1.90 bits per heavy atom. The summed E-state index contributed by atoms with van der Waals surface area (Å²) in [6, 6.07) is 0. The van der Waals surface area contributed by atoms with E-state index in [4.69, 9.17) is 0 Å². The van der Waals surface area contributed by atoms with Gasteiger partial charge in [0.25, 0.3) is 0 Å². The number of carbonyl (C=O) groups is 1. The third kappa shape index (κ3) is 2.85. The molecule has 0 aliphatic carbocycles. The van der Waals surface area contributed by atoms with Crippen LogP contribution < -0.4 is 0 Å². The minimum atomic E-state index is -0.0161. The third-order valence-electron chi connectivity index (χ3n) is 1.45. The van der Waals surface area contributed by atoms with Crippen LogP contribution in [0, 0.1) is 0 Å². The van der Waals surface area contributed by atoms with Gasteiger partial charge < -0.3 is 4.90 Å². The average molecular weight is 143 g/mol. The van der Waals surface area contributed by atoms with E-state index in [1.165, 1.54) is 0 Å². The van der Waals surface area contributed by atoms with Gasteiger partial charge in [-0.2, -0.15) is 0 Å². The molecule has 10 heavy (non-hydrogen) atoms. The molecule has 2 nitrogen and oxygen atoms in total. The van der Waals surface area contributed by atoms with E-state index in [1.807, 2.05) is 25.7 Å². The number of hydrogen-bond acceptors (Lipinski definition) is 1. The van der Waals surface area contributed by atoms with Crippen LogP contribution in [0.3, 0.4) is 0 Å². The number of nitrogens with zero attached hydrogens (tertiary/aromatic N) is 1. The lowest BCUT2D eigenvalue weighted by Gasteiger charge is -2.31. The first-order chi connectivity index (χ1) is 4.52. The molecule has 0 rings (SSSR count). The number of hydrogen-bond donors (Lipinski definition) is 0. The van der Waals surface area contributed by atoms with E-state index in [0.29, 0.717) is 0 Å². The number of amides is 1. The van der Waals surface area contributed by atoms with Crippen molar-refractivity contribution >= 4 is 6.41 Å². The summed E-state index contributed by atoms with van der Waals surface area (Å²) in [6.45, 7) is 9.04. The molecule has 60 valence electrons. The second-order valence-electron chi connectivity index (χ2n) is 3.47. The Morgan fingerprint density at radius 1 is 1.40 bits per heavy atom. The van der Waals surface area contributed by atoms with Crippen molar-refractivity contribution in [3.8, 4) is 0 Å². The van der Waals surface area contributed by atoms with Crippen LogP contribution in [0.2, 0.25) is 0 Å². The summed E-state index contributed by atoms with van der Waals surface area (Å²) in [5, 5.41) is 0. The van der Waals surface area contributed by atoms with Crippen LogP contribution in [0.15, 0.2) is 0 Å². The first kappa shape index (κ1) is 9.47. The van der Waals surface area contributed by atoms with Gasteiger partial charge in [0.2, 0.25) is 6.41 Å². The highest BCUT2D eigenvalue weighted by molar-refractivity contribution is 5.48. The van der Waals surface area contributed by atoms with Crippen molar-refractivity contribution in [1.82, 2.24) is 4.90 Å². The van der Waals surface area contributed by atoms with Gasteiger partial charge in [0.1, 0.15) is 0 Å². The summed E-state index contributed by atoms with van der Waals surface area (Å²) in [5.41, 5.74) is -0.0161. The number of carbonyl (C=O) groups excluding carboxylic acids is 1. The zero-order chi connectivity index (χ0) is 8.20. The molecule has 2 heteroatoms. The Bertz CT molecular complexity index is 104. The lowest BCUT2D eigenvalue weighted by atomic mass is 10.1. The molecule has 0 spiro atoms. The SMILES string of the molecule is CCCN(C=O)C(C)(C)C. The summed E-state index contributed by atoms with van der Waals surface area (Å²) in [5.74, 6) is 0. The van der Waals surface area contributed by atoms with E-state index in [2.05, 4.69) is 6.92 Å². The van der Waals surface area contributed by atoms with Crippen molar-refractivity contribution in [1.29, 1.82) is 0 Å². The van der Waals surface area contributed by atoms with Crippen molar-refractivity contribution in [3.05, 3.63) is 0 Å². The lowest BCUT2D eigenvalue weighted by Crippen LogP contribution is -2.40. The molecule has 0 aromatic carbocycles. The number of rotatable bonds is 3. The lowest BCUT2D eigenvalue weighted by molar-refractivity contribution is -0.122. The monoisotopic (exact) mass is 143 g/mol. The molecule has 0 radical (unpaired) electrons. The minimum absolute atomic E-state index is 0.0161. The van der Waals surface area contributed by atoms with Crippen LogP contribution in [0.5, 0.6) is 0 Å². The highest BCUT2D eigenvalue weighted by Crippen LogP contribution is 2.10. The van der Waals surface area contributed by atoms with E-state index in [-0.39, 0.29) is 5.54 Å². The maximum Gasteiger partial charge on any atom is 0.210 e. The van der Waals surface area contributed by atoms with E-state index in [9.17, 15) is 4.79 Å². The quantitative estimate of drug-likeness (QED) is 0.550. The smallest absolute Gasteiger partial charge is 0.210 e.